The van der Waals surface area contributed by atoms with E-state index in [0.29, 0.717) is 24.5 Å². The molecule has 0 radical (unpaired) electrons. The second kappa shape index (κ2) is 6.76. The molecule has 2 aromatic rings. The number of carbonyl (C=O) groups is 1. The third-order valence-corrected chi connectivity index (χ3v) is 4.00. The highest BCUT2D eigenvalue weighted by Gasteiger charge is 2.18. The largest absolute Gasteiger partial charge is 0.352 e. The first kappa shape index (κ1) is 15.6. The second-order valence-electron chi connectivity index (χ2n) is 4.91. The van der Waals surface area contributed by atoms with Crippen LogP contribution in [0.1, 0.15) is 30.8 Å². The van der Waals surface area contributed by atoms with Crippen molar-refractivity contribution >= 4 is 17.5 Å². The number of halogens is 1. The van der Waals surface area contributed by atoms with Gasteiger partial charge in [0.05, 0.1) is 23.0 Å². The summed E-state index contributed by atoms with van der Waals surface area (Å²) in [4.78, 5) is 12.2. The van der Waals surface area contributed by atoms with Crippen molar-refractivity contribution in [1.82, 2.24) is 24.9 Å². The van der Waals surface area contributed by atoms with Crippen LogP contribution >= 0.6 is 11.6 Å². The molecular weight excluding hydrogens is 290 g/mol. The normalized spacial score (nSPS) is 12.4. The fourth-order valence-corrected chi connectivity index (χ4v) is 2.39. The summed E-state index contributed by atoms with van der Waals surface area (Å²) in [6.45, 7) is 6.86. The minimum absolute atomic E-state index is 0.0335. The Morgan fingerprint density at radius 1 is 1.48 bits per heavy atom. The van der Waals surface area contributed by atoms with Gasteiger partial charge in [-0.05, 0) is 26.3 Å². The fourth-order valence-electron chi connectivity index (χ4n) is 2.25. The van der Waals surface area contributed by atoms with E-state index in [0.717, 1.165) is 11.4 Å². The Kier molecular flexibility index (Phi) is 5.01. The zero-order valence-corrected chi connectivity index (χ0v) is 13.3. The molecule has 0 unspecified atom stereocenters. The summed E-state index contributed by atoms with van der Waals surface area (Å²) in [7, 11) is 0. The third-order valence-electron chi connectivity index (χ3n) is 3.45. The smallest absolute Gasteiger partial charge is 0.244 e. The van der Waals surface area contributed by atoms with Gasteiger partial charge in [0.2, 0.25) is 5.91 Å². The van der Waals surface area contributed by atoms with Crippen LogP contribution in [0, 0.1) is 13.8 Å². The Morgan fingerprint density at radius 3 is 2.76 bits per heavy atom. The molecule has 0 aromatic carbocycles. The minimum atomic E-state index is -0.274. The molecule has 2 aromatic heterocycles. The number of carbonyl (C=O) groups excluding carboxylic acids is 1. The Bertz CT molecular complexity index is 605. The van der Waals surface area contributed by atoms with E-state index in [1.54, 1.807) is 17.1 Å². The molecule has 0 saturated carbocycles. The maximum Gasteiger partial charge on any atom is 0.244 e. The van der Waals surface area contributed by atoms with Crippen molar-refractivity contribution in [3.8, 4) is 0 Å². The molecule has 0 spiro atoms. The zero-order chi connectivity index (χ0) is 15.4. The van der Waals surface area contributed by atoms with Crippen molar-refractivity contribution in [2.45, 2.75) is 39.8 Å². The highest BCUT2D eigenvalue weighted by molar-refractivity contribution is 6.31. The van der Waals surface area contributed by atoms with Crippen LogP contribution < -0.4 is 5.32 Å². The standard InChI is InChI=1S/C14H20ClN5O/c1-4-12(20-8-5-6-17-20)14(21)16-7-9-19-11(3)13(15)10(2)18-19/h5-6,8,12H,4,7,9H2,1-3H3,(H,16,21)/t12-/m1/s1. The first-order chi connectivity index (χ1) is 10.0. The molecule has 2 rings (SSSR count). The van der Waals surface area contributed by atoms with Gasteiger partial charge in [0.25, 0.3) is 0 Å². The van der Waals surface area contributed by atoms with E-state index in [4.69, 9.17) is 11.6 Å². The molecule has 2 heterocycles. The Balaban J connectivity index is 1.90. The summed E-state index contributed by atoms with van der Waals surface area (Å²) >= 11 is 6.10. The summed E-state index contributed by atoms with van der Waals surface area (Å²) < 4.78 is 3.49. The molecule has 114 valence electrons. The van der Waals surface area contributed by atoms with Gasteiger partial charge < -0.3 is 5.32 Å². The monoisotopic (exact) mass is 309 g/mol. The Labute approximate surface area is 129 Å². The van der Waals surface area contributed by atoms with Crippen LogP contribution in [-0.2, 0) is 11.3 Å². The summed E-state index contributed by atoms with van der Waals surface area (Å²) in [6.07, 6.45) is 4.17. The number of amides is 1. The van der Waals surface area contributed by atoms with Gasteiger partial charge in [0, 0.05) is 18.9 Å². The molecule has 1 N–H and O–H groups in total. The zero-order valence-electron chi connectivity index (χ0n) is 12.5. The van der Waals surface area contributed by atoms with Crippen molar-refractivity contribution in [2.75, 3.05) is 6.54 Å². The summed E-state index contributed by atoms with van der Waals surface area (Å²) in [5.41, 5.74) is 1.73. The molecular formula is C14H20ClN5O. The Morgan fingerprint density at radius 2 is 2.24 bits per heavy atom. The fraction of sp³-hybridized carbons (Fsp3) is 0.500. The molecule has 0 aliphatic heterocycles. The lowest BCUT2D eigenvalue weighted by atomic mass is 10.2. The molecule has 1 amide bonds. The molecule has 0 bridgehead atoms. The van der Waals surface area contributed by atoms with Crippen LogP contribution in [-0.4, -0.2) is 32.0 Å². The number of hydrogen-bond acceptors (Lipinski definition) is 3. The summed E-state index contributed by atoms with van der Waals surface area (Å²) in [5.74, 6) is -0.0335. The maximum absolute atomic E-state index is 12.2. The molecule has 21 heavy (non-hydrogen) atoms. The van der Waals surface area contributed by atoms with E-state index in [1.165, 1.54) is 0 Å². The summed E-state index contributed by atoms with van der Waals surface area (Å²) in [6, 6.07) is 1.54. The lowest BCUT2D eigenvalue weighted by molar-refractivity contribution is -0.124. The number of aromatic nitrogens is 4. The SMILES string of the molecule is CC[C@H](C(=O)NCCn1nc(C)c(Cl)c1C)n1cccn1. The number of nitrogens with zero attached hydrogens (tertiary/aromatic N) is 4. The molecule has 6 nitrogen and oxygen atoms in total. The molecule has 0 aliphatic carbocycles. The van der Waals surface area contributed by atoms with Crippen LogP contribution in [0.5, 0.6) is 0 Å². The van der Waals surface area contributed by atoms with E-state index in [9.17, 15) is 4.79 Å². The van der Waals surface area contributed by atoms with E-state index in [-0.39, 0.29) is 11.9 Å². The van der Waals surface area contributed by atoms with E-state index in [2.05, 4.69) is 15.5 Å². The van der Waals surface area contributed by atoms with Gasteiger partial charge in [-0.1, -0.05) is 18.5 Å². The highest BCUT2D eigenvalue weighted by Crippen LogP contribution is 2.18. The van der Waals surface area contributed by atoms with Crippen molar-refractivity contribution in [1.29, 1.82) is 0 Å². The lowest BCUT2D eigenvalue weighted by Crippen LogP contribution is -2.34. The van der Waals surface area contributed by atoms with Crippen LogP contribution in [0.2, 0.25) is 5.02 Å². The third kappa shape index (κ3) is 3.44. The van der Waals surface area contributed by atoms with Crippen molar-refractivity contribution in [3.63, 3.8) is 0 Å². The van der Waals surface area contributed by atoms with Gasteiger partial charge >= 0.3 is 0 Å². The first-order valence-electron chi connectivity index (χ1n) is 7.01. The van der Waals surface area contributed by atoms with Crippen LogP contribution in [0.25, 0.3) is 0 Å². The van der Waals surface area contributed by atoms with E-state index < -0.39 is 0 Å². The minimum Gasteiger partial charge on any atom is -0.352 e. The van der Waals surface area contributed by atoms with Gasteiger partial charge in [0.15, 0.2) is 0 Å². The Hall–Kier alpha value is -1.82. The molecule has 0 saturated heterocycles. The number of rotatable bonds is 6. The molecule has 0 fully saturated rings. The lowest BCUT2D eigenvalue weighted by Gasteiger charge is -2.15. The second-order valence-corrected chi connectivity index (χ2v) is 5.29. The molecule has 1 atom stereocenters. The number of nitrogens with one attached hydrogen (secondary N) is 1. The van der Waals surface area contributed by atoms with Gasteiger partial charge in [-0.15, -0.1) is 0 Å². The van der Waals surface area contributed by atoms with Crippen LogP contribution in [0.3, 0.4) is 0 Å². The van der Waals surface area contributed by atoms with Gasteiger partial charge in [-0.2, -0.15) is 10.2 Å². The molecule has 0 aliphatic rings. The van der Waals surface area contributed by atoms with Crippen molar-refractivity contribution in [3.05, 3.63) is 34.9 Å². The average molecular weight is 310 g/mol. The van der Waals surface area contributed by atoms with Crippen LogP contribution in [0.4, 0.5) is 0 Å². The van der Waals surface area contributed by atoms with E-state index in [1.807, 2.05) is 31.5 Å². The number of aryl methyl sites for hydroxylation is 1. The van der Waals surface area contributed by atoms with Gasteiger partial charge in [-0.25, -0.2) is 0 Å². The first-order valence-corrected chi connectivity index (χ1v) is 7.38. The summed E-state index contributed by atoms with van der Waals surface area (Å²) in [5, 5.41) is 12.1. The predicted molar refractivity (Wildman–Crippen MR) is 81.3 cm³/mol. The average Bonchev–Trinajstić information content (AvgIpc) is 3.06. The predicted octanol–water partition coefficient (Wildman–Crippen LogP) is 2.12. The van der Waals surface area contributed by atoms with E-state index >= 15 is 0 Å². The maximum atomic E-state index is 12.2. The number of hydrogen-bond donors (Lipinski definition) is 1. The topological polar surface area (TPSA) is 64.7 Å². The van der Waals surface area contributed by atoms with Crippen LogP contribution in [0.15, 0.2) is 18.5 Å². The highest BCUT2D eigenvalue weighted by atomic mass is 35.5. The quantitative estimate of drug-likeness (QED) is 0.889. The molecule has 7 heteroatoms. The van der Waals surface area contributed by atoms with Gasteiger partial charge in [0.1, 0.15) is 6.04 Å². The van der Waals surface area contributed by atoms with Gasteiger partial charge in [-0.3, -0.25) is 14.2 Å². The van der Waals surface area contributed by atoms with Crippen molar-refractivity contribution in [2.24, 2.45) is 0 Å². The van der Waals surface area contributed by atoms with Crippen molar-refractivity contribution < 1.29 is 4.79 Å².